The number of aromatic nitrogens is 1. The molecule has 132 valence electrons. The molecule has 0 bridgehead atoms. The van der Waals surface area contributed by atoms with Crippen molar-refractivity contribution in [2.45, 2.75) is 32.1 Å². The Morgan fingerprint density at radius 2 is 2.20 bits per heavy atom. The van der Waals surface area contributed by atoms with E-state index in [1.165, 1.54) is 0 Å². The molecule has 2 saturated heterocycles. The van der Waals surface area contributed by atoms with E-state index in [4.69, 9.17) is 0 Å². The van der Waals surface area contributed by atoms with Gasteiger partial charge in [-0.3, -0.25) is 9.59 Å². The second-order valence-corrected chi connectivity index (χ2v) is 7.86. The highest BCUT2D eigenvalue weighted by Gasteiger charge is 2.49. The zero-order chi connectivity index (χ0) is 17.3. The summed E-state index contributed by atoms with van der Waals surface area (Å²) < 4.78 is 0. The maximum atomic E-state index is 13.1. The highest BCUT2D eigenvalue weighted by atomic mass is 32.1. The number of anilines is 1. The Labute approximate surface area is 151 Å². The lowest BCUT2D eigenvalue weighted by Gasteiger charge is -2.39. The van der Waals surface area contributed by atoms with Gasteiger partial charge >= 0.3 is 0 Å². The number of aryl methyl sites for hydroxylation is 1. The quantitative estimate of drug-likeness (QED) is 0.914. The van der Waals surface area contributed by atoms with Crippen LogP contribution in [0.5, 0.6) is 0 Å². The van der Waals surface area contributed by atoms with E-state index in [2.05, 4.69) is 4.98 Å². The third kappa shape index (κ3) is 3.11. The van der Waals surface area contributed by atoms with Crippen LogP contribution in [0.4, 0.5) is 5.69 Å². The van der Waals surface area contributed by atoms with Gasteiger partial charge in [0.25, 0.3) is 0 Å². The second kappa shape index (κ2) is 6.67. The van der Waals surface area contributed by atoms with Crippen molar-refractivity contribution in [1.82, 2.24) is 9.88 Å². The minimum Gasteiger partial charge on any atom is -0.365 e. The summed E-state index contributed by atoms with van der Waals surface area (Å²) in [6.45, 7) is 2.12. The van der Waals surface area contributed by atoms with Crippen LogP contribution in [0.2, 0.25) is 0 Å². The van der Waals surface area contributed by atoms with Crippen molar-refractivity contribution in [3.05, 3.63) is 40.8 Å². The number of amides is 2. The number of carbonyl (C=O) groups is 2. The molecule has 0 aromatic carbocycles. The number of rotatable bonds is 4. The van der Waals surface area contributed by atoms with Crippen molar-refractivity contribution >= 4 is 28.8 Å². The first kappa shape index (κ1) is 16.4. The molecule has 4 heterocycles. The number of hydrogen-bond donors (Lipinski definition) is 1. The summed E-state index contributed by atoms with van der Waals surface area (Å²) in [6, 6.07) is 5.96. The number of H-pyrrole nitrogens is 1. The second-order valence-electron chi connectivity index (χ2n) is 7.08. The van der Waals surface area contributed by atoms with Crippen LogP contribution in [0.3, 0.4) is 0 Å². The molecule has 0 radical (unpaired) electrons. The molecule has 0 saturated carbocycles. The molecule has 1 unspecified atom stereocenters. The van der Waals surface area contributed by atoms with Gasteiger partial charge in [-0.15, -0.1) is 0 Å². The van der Waals surface area contributed by atoms with Gasteiger partial charge in [0.1, 0.15) is 0 Å². The van der Waals surface area contributed by atoms with Gasteiger partial charge < -0.3 is 14.8 Å². The summed E-state index contributed by atoms with van der Waals surface area (Å²) in [5.41, 5.74) is 1.71. The van der Waals surface area contributed by atoms with E-state index in [9.17, 15) is 9.59 Å². The molecule has 5 nitrogen and oxygen atoms in total. The van der Waals surface area contributed by atoms with Gasteiger partial charge in [-0.05, 0) is 49.3 Å². The van der Waals surface area contributed by atoms with Crippen LogP contribution in [0.15, 0.2) is 35.2 Å². The molecule has 1 N–H and O–H groups in total. The van der Waals surface area contributed by atoms with Crippen molar-refractivity contribution in [3.63, 3.8) is 0 Å². The van der Waals surface area contributed by atoms with Crippen LogP contribution in [-0.2, 0) is 16.0 Å². The third-order valence-corrected chi connectivity index (χ3v) is 6.20. The number of carbonyl (C=O) groups excluding carboxylic acids is 2. The SMILES string of the molecule is O=C(CCc1ccc[nH]1)N1CCCC2(CCN(c3ccsc3)C2=O)C1. The number of nitrogens with zero attached hydrogens (tertiary/aromatic N) is 2. The number of piperidine rings is 1. The molecule has 25 heavy (non-hydrogen) atoms. The fraction of sp³-hybridized carbons (Fsp3) is 0.474. The molecule has 2 fully saturated rings. The zero-order valence-electron chi connectivity index (χ0n) is 14.2. The van der Waals surface area contributed by atoms with Crippen LogP contribution in [0, 0.1) is 5.41 Å². The fourth-order valence-corrected chi connectivity index (χ4v) is 4.77. The molecule has 2 amide bonds. The van der Waals surface area contributed by atoms with Crippen LogP contribution < -0.4 is 4.90 Å². The molecule has 1 spiro atoms. The van der Waals surface area contributed by atoms with Crippen LogP contribution in [0.25, 0.3) is 0 Å². The van der Waals surface area contributed by atoms with E-state index < -0.39 is 0 Å². The summed E-state index contributed by atoms with van der Waals surface area (Å²) in [5, 5.41) is 4.03. The molecule has 2 aromatic rings. The van der Waals surface area contributed by atoms with Gasteiger partial charge in [0.05, 0.1) is 11.1 Å². The average molecular weight is 357 g/mol. The summed E-state index contributed by atoms with van der Waals surface area (Å²) in [7, 11) is 0. The Morgan fingerprint density at radius 3 is 2.96 bits per heavy atom. The molecule has 6 heteroatoms. The van der Waals surface area contributed by atoms with Gasteiger partial charge in [0, 0.05) is 43.3 Å². The smallest absolute Gasteiger partial charge is 0.235 e. The molecule has 1 atom stereocenters. The number of nitrogens with one attached hydrogen (secondary N) is 1. The van der Waals surface area contributed by atoms with Crippen LogP contribution in [-0.4, -0.2) is 41.3 Å². The van der Waals surface area contributed by atoms with Crippen molar-refractivity contribution in [2.24, 2.45) is 5.41 Å². The highest BCUT2D eigenvalue weighted by molar-refractivity contribution is 7.08. The van der Waals surface area contributed by atoms with Gasteiger partial charge in [-0.2, -0.15) is 11.3 Å². The molecule has 2 aliphatic rings. The van der Waals surface area contributed by atoms with Crippen molar-refractivity contribution < 1.29 is 9.59 Å². The van der Waals surface area contributed by atoms with Crippen molar-refractivity contribution in [2.75, 3.05) is 24.5 Å². The standard InChI is InChI=1S/C19H23N3O2S/c23-17(5-4-15-3-1-9-20-15)21-10-2-7-19(14-21)8-11-22(18(19)24)16-6-12-25-13-16/h1,3,6,9,12-13,20H,2,4-5,7-8,10-11,14H2. The zero-order valence-corrected chi connectivity index (χ0v) is 15.1. The van der Waals surface area contributed by atoms with Crippen LogP contribution in [0.1, 0.15) is 31.4 Å². The Morgan fingerprint density at radius 1 is 1.28 bits per heavy atom. The van der Waals surface area contributed by atoms with E-state index in [0.29, 0.717) is 13.0 Å². The Hall–Kier alpha value is -2.08. The third-order valence-electron chi connectivity index (χ3n) is 5.53. The van der Waals surface area contributed by atoms with E-state index in [1.807, 2.05) is 45.0 Å². The normalized spacial score (nSPS) is 23.6. The minimum atomic E-state index is -0.373. The lowest BCUT2D eigenvalue weighted by atomic mass is 9.78. The molecule has 4 rings (SSSR count). The monoisotopic (exact) mass is 357 g/mol. The molecular weight excluding hydrogens is 334 g/mol. The van der Waals surface area contributed by atoms with Crippen molar-refractivity contribution in [3.8, 4) is 0 Å². The first-order valence-electron chi connectivity index (χ1n) is 8.92. The average Bonchev–Trinajstić information content (AvgIpc) is 3.37. The Bertz CT molecular complexity index is 741. The van der Waals surface area contributed by atoms with Crippen LogP contribution >= 0.6 is 11.3 Å². The van der Waals surface area contributed by atoms with E-state index in [-0.39, 0.29) is 17.2 Å². The maximum absolute atomic E-state index is 13.1. The first-order valence-corrected chi connectivity index (χ1v) is 9.86. The lowest BCUT2D eigenvalue weighted by Crippen LogP contribution is -2.50. The Kier molecular flexibility index (Phi) is 4.37. The largest absolute Gasteiger partial charge is 0.365 e. The maximum Gasteiger partial charge on any atom is 0.235 e. The van der Waals surface area contributed by atoms with E-state index >= 15 is 0 Å². The molecular formula is C19H23N3O2S. The van der Waals surface area contributed by atoms with E-state index in [0.717, 1.165) is 50.2 Å². The summed E-state index contributed by atoms with van der Waals surface area (Å²) in [4.78, 5) is 32.7. The summed E-state index contributed by atoms with van der Waals surface area (Å²) in [6.07, 6.45) is 5.77. The summed E-state index contributed by atoms with van der Waals surface area (Å²) >= 11 is 1.61. The summed E-state index contributed by atoms with van der Waals surface area (Å²) in [5.74, 6) is 0.364. The Balaban J connectivity index is 1.42. The predicted molar refractivity (Wildman–Crippen MR) is 98.6 cm³/mol. The highest BCUT2D eigenvalue weighted by Crippen LogP contribution is 2.42. The predicted octanol–water partition coefficient (Wildman–Crippen LogP) is 3.05. The van der Waals surface area contributed by atoms with Gasteiger partial charge in [-0.25, -0.2) is 0 Å². The molecule has 2 aliphatic heterocycles. The number of likely N-dealkylation sites (tertiary alicyclic amines) is 1. The number of aromatic amines is 1. The lowest BCUT2D eigenvalue weighted by molar-refractivity contribution is -0.138. The topological polar surface area (TPSA) is 56.4 Å². The van der Waals surface area contributed by atoms with Gasteiger partial charge in [0.15, 0.2) is 0 Å². The van der Waals surface area contributed by atoms with Gasteiger partial charge in [-0.1, -0.05) is 0 Å². The number of thiophene rings is 1. The molecule has 2 aromatic heterocycles. The molecule has 0 aliphatic carbocycles. The first-order chi connectivity index (χ1) is 12.2. The number of hydrogen-bond acceptors (Lipinski definition) is 3. The van der Waals surface area contributed by atoms with Crippen molar-refractivity contribution in [1.29, 1.82) is 0 Å². The van der Waals surface area contributed by atoms with Gasteiger partial charge in [0.2, 0.25) is 11.8 Å². The van der Waals surface area contributed by atoms with E-state index in [1.54, 1.807) is 11.3 Å². The fourth-order valence-electron chi connectivity index (χ4n) is 4.12. The minimum absolute atomic E-state index is 0.162.